The van der Waals surface area contributed by atoms with E-state index in [1.807, 2.05) is 30.5 Å². The maximum atomic E-state index is 9.59. The second kappa shape index (κ2) is 5.75. The minimum absolute atomic E-state index is 0.245. The third kappa shape index (κ3) is 3.77. The highest BCUT2D eigenvalue weighted by atomic mass is 16.5. The summed E-state index contributed by atoms with van der Waals surface area (Å²) in [6, 6.07) is 12.1. The van der Waals surface area contributed by atoms with Gasteiger partial charge in [0.2, 0.25) is 0 Å². The summed E-state index contributed by atoms with van der Waals surface area (Å²) in [5.41, 5.74) is 1.06. The zero-order valence-corrected chi connectivity index (χ0v) is 8.81. The molecule has 2 aromatic rings. The molecule has 3 nitrogen and oxygen atoms in total. The first-order valence-electron chi connectivity index (χ1n) is 4.58. The standard InChI is InChI=1S/C9H7N.C3H6O2/c1-2-6-9-8(4-1)5-3-7-10-9;1-3(4)5-2/h1-7H;1-2H3. The van der Waals surface area contributed by atoms with E-state index < -0.39 is 0 Å². The maximum absolute atomic E-state index is 9.59. The van der Waals surface area contributed by atoms with E-state index in [-0.39, 0.29) is 5.97 Å². The quantitative estimate of drug-likeness (QED) is 0.617. The summed E-state index contributed by atoms with van der Waals surface area (Å²) in [5.74, 6) is -0.245. The smallest absolute Gasteiger partial charge is 0.302 e. The molecule has 0 amide bonds. The molecule has 0 spiro atoms. The van der Waals surface area contributed by atoms with Crippen LogP contribution in [0.2, 0.25) is 0 Å². The molecule has 0 unspecified atom stereocenters. The molecule has 3 heteroatoms. The molecule has 0 aliphatic carbocycles. The third-order valence-corrected chi connectivity index (χ3v) is 1.80. The van der Waals surface area contributed by atoms with Gasteiger partial charge < -0.3 is 4.74 Å². The zero-order valence-electron chi connectivity index (χ0n) is 8.81. The summed E-state index contributed by atoms with van der Waals surface area (Å²) >= 11 is 0. The van der Waals surface area contributed by atoms with E-state index >= 15 is 0 Å². The number of hydrogen-bond donors (Lipinski definition) is 0. The van der Waals surface area contributed by atoms with Gasteiger partial charge in [0.1, 0.15) is 0 Å². The molecule has 0 aliphatic heterocycles. The minimum atomic E-state index is -0.245. The van der Waals surface area contributed by atoms with Crippen LogP contribution in [0.5, 0.6) is 0 Å². The molecule has 0 saturated heterocycles. The van der Waals surface area contributed by atoms with Crippen LogP contribution < -0.4 is 0 Å². The van der Waals surface area contributed by atoms with Crippen molar-refractivity contribution in [1.29, 1.82) is 0 Å². The predicted octanol–water partition coefficient (Wildman–Crippen LogP) is 2.41. The number of hydrogen-bond acceptors (Lipinski definition) is 3. The minimum Gasteiger partial charge on any atom is -0.469 e. The van der Waals surface area contributed by atoms with Crippen LogP contribution >= 0.6 is 0 Å². The van der Waals surface area contributed by atoms with Crippen molar-refractivity contribution >= 4 is 16.9 Å². The lowest BCUT2D eigenvalue weighted by molar-refractivity contribution is -0.137. The highest BCUT2D eigenvalue weighted by Crippen LogP contribution is 2.07. The summed E-state index contributed by atoms with van der Waals surface area (Å²) in [5, 5.41) is 1.20. The fourth-order valence-electron chi connectivity index (χ4n) is 1.02. The van der Waals surface area contributed by atoms with Gasteiger partial charge >= 0.3 is 5.97 Å². The number of rotatable bonds is 0. The van der Waals surface area contributed by atoms with Crippen molar-refractivity contribution in [2.45, 2.75) is 6.92 Å². The van der Waals surface area contributed by atoms with Crippen LogP contribution in [-0.2, 0) is 9.53 Å². The van der Waals surface area contributed by atoms with Gasteiger partial charge in [-0.3, -0.25) is 9.78 Å². The first-order valence-corrected chi connectivity index (χ1v) is 4.58. The Morgan fingerprint density at radius 3 is 2.40 bits per heavy atom. The maximum Gasteiger partial charge on any atom is 0.302 e. The third-order valence-electron chi connectivity index (χ3n) is 1.80. The fourth-order valence-corrected chi connectivity index (χ4v) is 1.02. The Balaban J connectivity index is 0.000000195. The topological polar surface area (TPSA) is 39.2 Å². The molecular formula is C12H13NO2. The monoisotopic (exact) mass is 203 g/mol. The Hall–Kier alpha value is -1.90. The van der Waals surface area contributed by atoms with Crippen LogP contribution in [0.25, 0.3) is 10.9 Å². The first kappa shape index (κ1) is 11.2. The van der Waals surface area contributed by atoms with E-state index in [4.69, 9.17) is 0 Å². The number of pyridine rings is 1. The highest BCUT2D eigenvalue weighted by molar-refractivity contribution is 5.77. The van der Waals surface area contributed by atoms with Gasteiger partial charge in [-0.1, -0.05) is 24.3 Å². The van der Waals surface area contributed by atoms with Gasteiger partial charge in [0.25, 0.3) is 0 Å². The van der Waals surface area contributed by atoms with Crippen LogP contribution in [0.4, 0.5) is 0 Å². The second-order valence-electron chi connectivity index (χ2n) is 2.89. The van der Waals surface area contributed by atoms with Gasteiger partial charge in [-0.05, 0) is 12.1 Å². The number of benzene rings is 1. The Kier molecular flexibility index (Phi) is 4.29. The molecular weight excluding hydrogens is 190 g/mol. The fraction of sp³-hybridized carbons (Fsp3) is 0.167. The van der Waals surface area contributed by atoms with Gasteiger partial charge in [-0.15, -0.1) is 0 Å². The Morgan fingerprint density at radius 2 is 1.80 bits per heavy atom. The second-order valence-corrected chi connectivity index (χ2v) is 2.89. The van der Waals surface area contributed by atoms with E-state index in [9.17, 15) is 4.79 Å². The van der Waals surface area contributed by atoms with Crippen LogP contribution in [0.1, 0.15) is 6.92 Å². The molecule has 78 valence electrons. The van der Waals surface area contributed by atoms with E-state index in [1.54, 1.807) is 0 Å². The van der Waals surface area contributed by atoms with Gasteiger partial charge in [0.15, 0.2) is 0 Å². The predicted molar refractivity (Wildman–Crippen MR) is 59.4 cm³/mol. The average Bonchev–Trinajstić information content (AvgIpc) is 2.30. The number of carbonyl (C=O) groups excluding carboxylic acids is 1. The number of para-hydroxylation sites is 1. The van der Waals surface area contributed by atoms with E-state index in [1.165, 1.54) is 19.4 Å². The Labute approximate surface area is 88.7 Å². The molecule has 1 aromatic heterocycles. The van der Waals surface area contributed by atoms with Crippen molar-refractivity contribution < 1.29 is 9.53 Å². The number of aromatic nitrogens is 1. The average molecular weight is 203 g/mol. The number of methoxy groups -OCH3 is 1. The van der Waals surface area contributed by atoms with E-state index in [2.05, 4.69) is 21.9 Å². The van der Waals surface area contributed by atoms with Gasteiger partial charge in [0.05, 0.1) is 12.6 Å². The summed E-state index contributed by atoms with van der Waals surface area (Å²) < 4.78 is 4.11. The Bertz CT molecular complexity index is 375. The zero-order chi connectivity index (χ0) is 11.1. The molecule has 0 fully saturated rings. The molecule has 0 saturated carbocycles. The molecule has 0 atom stereocenters. The lowest BCUT2D eigenvalue weighted by Gasteiger charge is -1.91. The van der Waals surface area contributed by atoms with Crippen molar-refractivity contribution in [3.05, 3.63) is 42.6 Å². The number of esters is 1. The van der Waals surface area contributed by atoms with E-state index in [0.29, 0.717) is 0 Å². The summed E-state index contributed by atoms with van der Waals surface area (Å²) in [6.45, 7) is 1.36. The van der Waals surface area contributed by atoms with Crippen LogP contribution in [0.15, 0.2) is 42.6 Å². The molecule has 15 heavy (non-hydrogen) atoms. The molecule has 2 rings (SSSR count). The largest absolute Gasteiger partial charge is 0.469 e. The van der Waals surface area contributed by atoms with Crippen molar-refractivity contribution in [3.8, 4) is 0 Å². The van der Waals surface area contributed by atoms with Crippen molar-refractivity contribution in [2.75, 3.05) is 7.11 Å². The summed E-state index contributed by atoms with van der Waals surface area (Å²) in [6.07, 6.45) is 1.81. The highest BCUT2D eigenvalue weighted by Gasteiger charge is 1.86. The molecule has 0 bridgehead atoms. The molecule has 1 aromatic carbocycles. The van der Waals surface area contributed by atoms with Crippen LogP contribution in [0.3, 0.4) is 0 Å². The summed E-state index contributed by atoms with van der Waals surface area (Å²) in [7, 11) is 1.35. The molecule has 1 heterocycles. The van der Waals surface area contributed by atoms with Crippen LogP contribution in [-0.4, -0.2) is 18.1 Å². The van der Waals surface area contributed by atoms with E-state index in [0.717, 1.165) is 5.52 Å². The van der Waals surface area contributed by atoms with Gasteiger partial charge in [-0.25, -0.2) is 0 Å². The van der Waals surface area contributed by atoms with Gasteiger partial charge in [-0.2, -0.15) is 0 Å². The number of ether oxygens (including phenoxy) is 1. The number of nitrogens with zero attached hydrogens (tertiary/aromatic N) is 1. The summed E-state index contributed by atoms with van der Waals surface area (Å²) in [4.78, 5) is 13.8. The SMILES string of the molecule is COC(C)=O.c1ccc2ncccc2c1. The van der Waals surface area contributed by atoms with Crippen molar-refractivity contribution in [3.63, 3.8) is 0 Å². The molecule has 0 aliphatic rings. The number of carbonyl (C=O) groups is 1. The lowest BCUT2D eigenvalue weighted by atomic mass is 10.2. The lowest BCUT2D eigenvalue weighted by Crippen LogP contribution is -1.88. The van der Waals surface area contributed by atoms with Gasteiger partial charge in [0, 0.05) is 18.5 Å². The Morgan fingerprint density at radius 1 is 1.20 bits per heavy atom. The normalized spacial score (nSPS) is 8.93. The first-order chi connectivity index (χ1) is 7.24. The van der Waals surface area contributed by atoms with Crippen LogP contribution in [0, 0.1) is 0 Å². The van der Waals surface area contributed by atoms with Crippen molar-refractivity contribution in [2.24, 2.45) is 0 Å². The van der Waals surface area contributed by atoms with Crippen molar-refractivity contribution in [1.82, 2.24) is 4.98 Å². The molecule has 0 N–H and O–H groups in total. The molecule has 0 radical (unpaired) electrons. The number of fused-ring (bicyclic) bond motifs is 1.